The smallest absolute Gasteiger partial charge is 0.252 e. The number of hydrogen-bond acceptors (Lipinski definition) is 1. The molecule has 0 spiro atoms. The van der Waals surface area contributed by atoms with Crippen LogP contribution in [0.4, 0.5) is 0 Å². The van der Waals surface area contributed by atoms with Crippen LogP contribution in [-0.2, 0) is 0 Å². The minimum absolute atomic E-state index is 0.0364. The SMILES string of the molecule is C/C=C1/CNC(=O)c2cccc(C)c21.CCCCC. The predicted octanol–water partition coefficient (Wildman–Crippen LogP) is 4.34. The number of benzene rings is 1. The van der Waals surface area contributed by atoms with Crippen LogP contribution in [0.3, 0.4) is 0 Å². The van der Waals surface area contributed by atoms with E-state index in [1.165, 1.54) is 30.4 Å². The highest BCUT2D eigenvalue weighted by Crippen LogP contribution is 2.25. The molecule has 2 heteroatoms. The molecule has 0 atom stereocenters. The van der Waals surface area contributed by atoms with Crippen LogP contribution in [0.2, 0.25) is 0 Å². The van der Waals surface area contributed by atoms with Crippen LogP contribution in [-0.4, -0.2) is 12.5 Å². The fraction of sp³-hybridized carbons (Fsp3) is 0.471. The molecule has 0 aromatic heterocycles. The maximum Gasteiger partial charge on any atom is 0.252 e. The highest BCUT2D eigenvalue weighted by molar-refractivity contribution is 6.03. The van der Waals surface area contributed by atoms with Crippen LogP contribution in [0.25, 0.3) is 5.57 Å². The van der Waals surface area contributed by atoms with Crippen molar-refractivity contribution in [1.82, 2.24) is 5.32 Å². The first-order valence-electron chi connectivity index (χ1n) is 7.19. The molecule has 19 heavy (non-hydrogen) atoms. The number of carbonyl (C=O) groups excluding carboxylic acids is 1. The van der Waals surface area contributed by atoms with Gasteiger partial charge in [0.05, 0.1) is 0 Å². The van der Waals surface area contributed by atoms with Crippen molar-refractivity contribution >= 4 is 11.5 Å². The van der Waals surface area contributed by atoms with Crippen molar-refractivity contribution in [2.24, 2.45) is 0 Å². The average Bonchev–Trinajstić information content (AvgIpc) is 2.42. The van der Waals surface area contributed by atoms with E-state index in [4.69, 9.17) is 0 Å². The van der Waals surface area contributed by atoms with Gasteiger partial charge >= 0.3 is 0 Å². The van der Waals surface area contributed by atoms with Crippen molar-refractivity contribution in [3.63, 3.8) is 0 Å². The van der Waals surface area contributed by atoms with Crippen molar-refractivity contribution in [2.75, 3.05) is 6.54 Å². The minimum atomic E-state index is 0.0364. The summed E-state index contributed by atoms with van der Waals surface area (Å²) in [6.07, 6.45) is 6.14. The van der Waals surface area contributed by atoms with E-state index in [-0.39, 0.29) is 5.91 Å². The van der Waals surface area contributed by atoms with Gasteiger partial charge in [-0.15, -0.1) is 0 Å². The minimum Gasteiger partial charge on any atom is -0.348 e. The van der Waals surface area contributed by atoms with Gasteiger partial charge in [0.15, 0.2) is 0 Å². The van der Waals surface area contributed by atoms with E-state index >= 15 is 0 Å². The number of unbranched alkanes of at least 4 members (excludes halogenated alkanes) is 2. The zero-order valence-electron chi connectivity index (χ0n) is 12.5. The van der Waals surface area contributed by atoms with E-state index in [0.29, 0.717) is 6.54 Å². The van der Waals surface area contributed by atoms with Crippen molar-refractivity contribution < 1.29 is 4.79 Å². The second-order valence-electron chi connectivity index (χ2n) is 4.85. The standard InChI is InChI=1S/C12H13NO.C5H12/c1-3-9-7-13-12(14)10-6-4-5-8(2)11(9)10;1-3-5-4-2/h3-6H,7H2,1-2H3,(H,13,14);3-5H2,1-2H3/b9-3-;. The molecule has 2 rings (SSSR count). The molecule has 1 aliphatic heterocycles. The van der Waals surface area contributed by atoms with Gasteiger partial charge in [0.2, 0.25) is 0 Å². The van der Waals surface area contributed by atoms with Crippen molar-refractivity contribution in [1.29, 1.82) is 0 Å². The van der Waals surface area contributed by atoms with E-state index in [0.717, 1.165) is 11.1 Å². The first-order chi connectivity index (χ1) is 9.15. The number of allylic oxidation sites excluding steroid dienone is 1. The Morgan fingerprint density at radius 1 is 1.26 bits per heavy atom. The van der Waals surface area contributed by atoms with Gasteiger partial charge in [-0.05, 0) is 36.6 Å². The molecule has 0 unspecified atom stereocenters. The molecule has 0 bridgehead atoms. The van der Waals surface area contributed by atoms with Crippen LogP contribution in [0.5, 0.6) is 0 Å². The van der Waals surface area contributed by atoms with Crippen LogP contribution in [0, 0.1) is 6.92 Å². The Morgan fingerprint density at radius 3 is 2.47 bits per heavy atom. The summed E-state index contributed by atoms with van der Waals surface area (Å²) in [5, 5.41) is 2.86. The lowest BCUT2D eigenvalue weighted by Crippen LogP contribution is -2.31. The number of fused-ring (bicyclic) bond motifs is 1. The molecule has 0 saturated heterocycles. The Bertz CT molecular complexity index is 458. The summed E-state index contributed by atoms with van der Waals surface area (Å²) in [5.41, 5.74) is 4.28. The van der Waals surface area contributed by atoms with Gasteiger partial charge in [0.25, 0.3) is 5.91 Å². The Hall–Kier alpha value is -1.57. The molecule has 1 aliphatic rings. The van der Waals surface area contributed by atoms with Gasteiger partial charge in [-0.3, -0.25) is 4.79 Å². The first kappa shape index (κ1) is 15.5. The van der Waals surface area contributed by atoms with E-state index < -0.39 is 0 Å². The van der Waals surface area contributed by atoms with Gasteiger partial charge in [-0.1, -0.05) is 51.3 Å². The van der Waals surface area contributed by atoms with E-state index in [9.17, 15) is 4.79 Å². The predicted molar refractivity (Wildman–Crippen MR) is 82.4 cm³/mol. The molecule has 1 aromatic rings. The molecular weight excluding hydrogens is 234 g/mol. The second-order valence-corrected chi connectivity index (χ2v) is 4.85. The van der Waals surface area contributed by atoms with Crippen molar-refractivity contribution in [3.8, 4) is 0 Å². The van der Waals surface area contributed by atoms with Gasteiger partial charge in [-0.25, -0.2) is 0 Å². The van der Waals surface area contributed by atoms with Crippen LogP contribution >= 0.6 is 0 Å². The first-order valence-corrected chi connectivity index (χ1v) is 7.19. The highest BCUT2D eigenvalue weighted by atomic mass is 16.1. The van der Waals surface area contributed by atoms with Gasteiger partial charge in [0, 0.05) is 12.1 Å². The van der Waals surface area contributed by atoms with Gasteiger partial charge < -0.3 is 5.32 Å². The summed E-state index contributed by atoms with van der Waals surface area (Å²) in [6.45, 7) is 9.12. The number of carbonyl (C=O) groups is 1. The number of amides is 1. The summed E-state index contributed by atoms with van der Waals surface area (Å²) in [7, 11) is 0. The van der Waals surface area contributed by atoms with E-state index in [1.807, 2.05) is 32.0 Å². The number of hydrogen-bond donors (Lipinski definition) is 1. The molecule has 0 saturated carbocycles. The normalized spacial score (nSPS) is 15.4. The fourth-order valence-corrected chi connectivity index (χ4v) is 2.24. The summed E-state index contributed by atoms with van der Waals surface area (Å²) < 4.78 is 0. The Labute approximate surface area is 116 Å². The largest absolute Gasteiger partial charge is 0.348 e. The Balaban J connectivity index is 0.000000312. The lowest BCUT2D eigenvalue weighted by molar-refractivity contribution is 0.0955. The fourth-order valence-electron chi connectivity index (χ4n) is 2.24. The molecule has 0 radical (unpaired) electrons. The molecule has 1 N–H and O–H groups in total. The quantitative estimate of drug-likeness (QED) is 0.841. The topological polar surface area (TPSA) is 29.1 Å². The van der Waals surface area contributed by atoms with Crippen LogP contribution < -0.4 is 5.32 Å². The van der Waals surface area contributed by atoms with Crippen molar-refractivity contribution in [2.45, 2.75) is 47.0 Å². The summed E-state index contributed by atoms with van der Waals surface area (Å²) in [5.74, 6) is 0.0364. The van der Waals surface area contributed by atoms with Crippen LogP contribution in [0.1, 0.15) is 61.5 Å². The molecule has 1 heterocycles. The Kier molecular flexibility index (Phi) is 6.34. The van der Waals surface area contributed by atoms with Crippen molar-refractivity contribution in [3.05, 3.63) is 41.0 Å². The monoisotopic (exact) mass is 259 g/mol. The lowest BCUT2D eigenvalue weighted by Gasteiger charge is -2.21. The maximum atomic E-state index is 11.6. The maximum absolute atomic E-state index is 11.6. The third-order valence-corrected chi connectivity index (χ3v) is 3.33. The molecule has 0 fully saturated rings. The highest BCUT2D eigenvalue weighted by Gasteiger charge is 2.20. The summed E-state index contributed by atoms with van der Waals surface area (Å²) in [4.78, 5) is 11.6. The lowest BCUT2D eigenvalue weighted by atomic mass is 9.91. The van der Waals surface area contributed by atoms with E-state index in [1.54, 1.807) is 0 Å². The van der Waals surface area contributed by atoms with Crippen LogP contribution in [0.15, 0.2) is 24.3 Å². The number of aryl methyl sites for hydroxylation is 1. The third kappa shape index (κ3) is 3.95. The molecule has 2 nitrogen and oxygen atoms in total. The number of rotatable bonds is 2. The van der Waals surface area contributed by atoms with E-state index in [2.05, 4.69) is 25.2 Å². The second kappa shape index (κ2) is 7.78. The zero-order valence-corrected chi connectivity index (χ0v) is 12.5. The third-order valence-electron chi connectivity index (χ3n) is 3.33. The summed E-state index contributed by atoms with van der Waals surface area (Å²) >= 11 is 0. The molecule has 104 valence electrons. The average molecular weight is 259 g/mol. The molecule has 1 amide bonds. The molecular formula is C17H25NO. The summed E-state index contributed by atoms with van der Waals surface area (Å²) in [6, 6.07) is 5.84. The molecule has 0 aliphatic carbocycles. The zero-order chi connectivity index (χ0) is 14.3. The van der Waals surface area contributed by atoms with Gasteiger partial charge in [0.1, 0.15) is 0 Å². The number of nitrogens with one attached hydrogen (secondary N) is 1. The molecule has 1 aromatic carbocycles. The Morgan fingerprint density at radius 2 is 1.95 bits per heavy atom. The van der Waals surface area contributed by atoms with Gasteiger partial charge in [-0.2, -0.15) is 0 Å².